The van der Waals surface area contributed by atoms with Crippen LogP contribution in [0, 0.1) is 0 Å². The lowest BCUT2D eigenvalue weighted by molar-refractivity contribution is -0.141. The van der Waals surface area contributed by atoms with Gasteiger partial charge in [-0.25, -0.2) is 20.5 Å². The lowest BCUT2D eigenvalue weighted by Gasteiger charge is -2.10. The molecular formula is C10H11F3N6. The zero-order valence-electron chi connectivity index (χ0n) is 9.94. The third-order valence-corrected chi connectivity index (χ3v) is 2.51. The van der Waals surface area contributed by atoms with Crippen LogP contribution in [0.4, 0.5) is 19.0 Å². The van der Waals surface area contributed by atoms with Crippen molar-refractivity contribution in [1.29, 1.82) is 0 Å². The van der Waals surface area contributed by atoms with Gasteiger partial charge in [0.05, 0.1) is 0 Å². The van der Waals surface area contributed by atoms with Crippen LogP contribution in [0.3, 0.4) is 0 Å². The lowest BCUT2D eigenvalue weighted by atomic mass is 10.2. The number of halogens is 3. The van der Waals surface area contributed by atoms with Crippen LogP contribution in [0.2, 0.25) is 0 Å². The number of nitrogens with two attached hydrogens (primary N) is 1. The molecule has 2 aromatic heterocycles. The SMILES string of the molecule is CCc1c(NN)ncnc1-n1ccc(C(F)(F)F)n1. The minimum absolute atomic E-state index is 0.265. The molecular weight excluding hydrogens is 261 g/mol. The predicted octanol–water partition coefficient (Wildman–Crippen LogP) is 1.53. The first-order chi connectivity index (χ1) is 8.97. The van der Waals surface area contributed by atoms with E-state index >= 15 is 0 Å². The Bertz CT molecular complexity index is 577. The maximum Gasteiger partial charge on any atom is 0.435 e. The normalized spacial score (nSPS) is 11.6. The standard InChI is InChI=1S/C10H11F3N6/c1-2-6-8(17-14)15-5-16-9(6)19-4-3-7(18-19)10(11,12)13/h3-5H,2,14H2,1H3,(H,15,16,17). The van der Waals surface area contributed by atoms with Crippen molar-refractivity contribution in [2.75, 3.05) is 5.43 Å². The van der Waals surface area contributed by atoms with Crippen LogP contribution in [0.5, 0.6) is 0 Å². The van der Waals surface area contributed by atoms with Gasteiger partial charge in [-0.2, -0.15) is 18.3 Å². The molecule has 19 heavy (non-hydrogen) atoms. The van der Waals surface area contributed by atoms with Gasteiger partial charge < -0.3 is 5.43 Å². The van der Waals surface area contributed by atoms with Gasteiger partial charge in [0.25, 0.3) is 0 Å². The average Bonchev–Trinajstić information content (AvgIpc) is 2.86. The number of nitrogens with one attached hydrogen (secondary N) is 1. The third kappa shape index (κ3) is 2.50. The van der Waals surface area contributed by atoms with E-state index in [1.165, 1.54) is 12.5 Å². The van der Waals surface area contributed by atoms with E-state index in [1.807, 2.05) is 6.92 Å². The van der Waals surface area contributed by atoms with Crippen molar-refractivity contribution in [3.63, 3.8) is 0 Å². The summed E-state index contributed by atoms with van der Waals surface area (Å²) < 4.78 is 38.6. The monoisotopic (exact) mass is 272 g/mol. The molecule has 0 saturated carbocycles. The Hall–Kier alpha value is -2.16. The molecule has 0 radical (unpaired) electrons. The van der Waals surface area contributed by atoms with Crippen molar-refractivity contribution in [2.24, 2.45) is 5.84 Å². The Kier molecular flexibility index (Phi) is 3.38. The highest BCUT2D eigenvalue weighted by Gasteiger charge is 2.33. The third-order valence-electron chi connectivity index (χ3n) is 2.51. The van der Waals surface area contributed by atoms with Gasteiger partial charge in [0.1, 0.15) is 12.1 Å². The highest BCUT2D eigenvalue weighted by Crippen LogP contribution is 2.28. The topological polar surface area (TPSA) is 81.6 Å². The number of hydrazine groups is 1. The summed E-state index contributed by atoms with van der Waals surface area (Å²) in [5.41, 5.74) is 1.99. The Balaban J connectivity index is 2.50. The van der Waals surface area contributed by atoms with Crippen molar-refractivity contribution >= 4 is 5.82 Å². The van der Waals surface area contributed by atoms with Crippen LogP contribution in [-0.2, 0) is 12.6 Å². The summed E-state index contributed by atoms with van der Waals surface area (Å²) in [4.78, 5) is 7.85. The van der Waals surface area contributed by atoms with E-state index in [2.05, 4.69) is 20.5 Å². The zero-order chi connectivity index (χ0) is 14.0. The van der Waals surface area contributed by atoms with E-state index in [4.69, 9.17) is 5.84 Å². The molecule has 0 aromatic carbocycles. The molecule has 0 aliphatic rings. The molecule has 0 fully saturated rings. The number of aromatic nitrogens is 4. The van der Waals surface area contributed by atoms with E-state index in [-0.39, 0.29) is 5.82 Å². The van der Waals surface area contributed by atoms with E-state index < -0.39 is 11.9 Å². The average molecular weight is 272 g/mol. The number of anilines is 1. The van der Waals surface area contributed by atoms with Crippen LogP contribution >= 0.6 is 0 Å². The molecule has 6 nitrogen and oxygen atoms in total. The second-order valence-electron chi connectivity index (χ2n) is 3.67. The Labute approximate surface area is 106 Å². The quantitative estimate of drug-likeness (QED) is 0.654. The number of nitrogens with zero attached hydrogens (tertiary/aromatic N) is 4. The highest BCUT2D eigenvalue weighted by molar-refractivity contribution is 5.50. The molecule has 0 spiro atoms. The van der Waals surface area contributed by atoms with Crippen molar-refractivity contribution in [1.82, 2.24) is 19.7 Å². The van der Waals surface area contributed by atoms with Crippen molar-refractivity contribution in [3.05, 3.63) is 29.8 Å². The minimum atomic E-state index is -4.49. The van der Waals surface area contributed by atoms with E-state index in [0.717, 1.165) is 10.7 Å². The Morgan fingerprint density at radius 1 is 1.37 bits per heavy atom. The summed E-state index contributed by atoms with van der Waals surface area (Å²) in [7, 11) is 0. The fourth-order valence-corrected chi connectivity index (χ4v) is 1.64. The van der Waals surface area contributed by atoms with Gasteiger partial charge in [-0.05, 0) is 12.5 Å². The molecule has 0 saturated heterocycles. The van der Waals surface area contributed by atoms with Crippen LogP contribution in [0.25, 0.3) is 5.82 Å². The fraction of sp³-hybridized carbons (Fsp3) is 0.300. The zero-order valence-corrected chi connectivity index (χ0v) is 9.94. The number of hydrogen-bond acceptors (Lipinski definition) is 5. The van der Waals surface area contributed by atoms with Gasteiger partial charge in [0.2, 0.25) is 0 Å². The predicted molar refractivity (Wildman–Crippen MR) is 61.3 cm³/mol. The molecule has 2 heterocycles. The molecule has 0 unspecified atom stereocenters. The van der Waals surface area contributed by atoms with Crippen LogP contribution in [0.1, 0.15) is 18.2 Å². The maximum atomic E-state index is 12.5. The van der Waals surface area contributed by atoms with Crippen LogP contribution in [-0.4, -0.2) is 19.7 Å². The fourth-order valence-electron chi connectivity index (χ4n) is 1.64. The van der Waals surface area contributed by atoms with Gasteiger partial charge in [-0.1, -0.05) is 6.92 Å². The van der Waals surface area contributed by atoms with E-state index in [9.17, 15) is 13.2 Å². The maximum absolute atomic E-state index is 12.5. The molecule has 9 heteroatoms. The largest absolute Gasteiger partial charge is 0.435 e. The summed E-state index contributed by atoms with van der Waals surface area (Å²) >= 11 is 0. The van der Waals surface area contributed by atoms with E-state index in [0.29, 0.717) is 17.8 Å². The Morgan fingerprint density at radius 3 is 2.63 bits per heavy atom. The summed E-state index contributed by atoms with van der Waals surface area (Å²) in [6, 6.07) is 0.886. The number of hydrogen-bond donors (Lipinski definition) is 2. The first-order valence-electron chi connectivity index (χ1n) is 5.41. The first-order valence-corrected chi connectivity index (χ1v) is 5.41. The number of alkyl halides is 3. The van der Waals surface area contributed by atoms with Gasteiger partial charge >= 0.3 is 6.18 Å². The molecule has 0 aliphatic carbocycles. The molecule has 0 bridgehead atoms. The lowest BCUT2D eigenvalue weighted by Crippen LogP contribution is -2.15. The highest BCUT2D eigenvalue weighted by atomic mass is 19.4. The first kappa shape index (κ1) is 13.3. The summed E-state index contributed by atoms with van der Waals surface area (Å²) in [5, 5.41) is 3.47. The molecule has 0 amide bonds. The van der Waals surface area contributed by atoms with Gasteiger partial charge in [-0.3, -0.25) is 0 Å². The van der Waals surface area contributed by atoms with Crippen molar-refractivity contribution in [2.45, 2.75) is 19.5 Å². The molecule has 0 atom stereocenters. The van der Waals surface area contributed by atoms with Gasteiger partial charge in [0.15, 0.2) is 11.5 Å². The second kappa shape index (κ2) is 4.84. The van der Waals surface area contributed by atoms with Crippen molar-refractivity contribution < 1.29 is 13.2 Å². The Morgan fingerprint density at radius 2 is 2.11 bits per heavy atom. The molecule has 2 aromatic rings. The number of nitrogen functional groups attached to an aromatic ring is 1. The molecule has 3 N–H and O–H groups in total. The minimum Gasteiger partial charge on any atom is -0.308 e. The summed E-state index contributed by atoms with van der Waals surface area (Å²) in [5.74, 6) is 5.92. The van der Waals surface area contributed by atoms with Gasteiger partial charge in [0, 0.05) is 11.8 Å². The molecule has 2 rings (SSSR count). The van der Waals surface area contributed by atoms with Crippen LogP contribution in [0.15, 0.2) is 18.6 Å². The summed E-state index contributed by atoms with van der Waals surface area (Å²) in [6.45, 7) is 1.82. The number of rotatable bonds is 3. The van der Waals surface area contributed by atoms with Crippen molar-refractivity contribution in [3.8, 4) is 5.82 Å². The summed E-state index contributed by atoms with van der Waals surface area (Å²) in [6.07, 6.45) is -1.58. The van der Waals surface area contributed by atoms with Gasteiger partial charge in [-0.15, -0.1) is 0 Å². The molecule has 102 valence electrons. The molecule has 0 aliphatic heterocycles. The van der Waals surface area contributed by atoms with E-state index in [1.54, 1.807) is 0 Å². The smallest absolute Gasteiger partial charge is 0.308 e. The second-order valence-corrected chi connectivity index (χ2v) is 3.67. The van der Waals surface area contributed by atoms with Crippen LogP contribution < -0.4 is 11.3 Å².